The van der Waals surface area contributed by atoms with Crippen LogP contribution in [0.2, 0.25) is 0 Å². The molecule has 0 bridgehead atoms. The Morgan fingerprint density at radius 1 is 0.255 bits per heavy atom. The first-order valence-electron chi connectivity index (χ1n) is 18.5. The predicted molar refractivity (Wildman–Crippen MR) is 228 cm³/mol. The lowest BCUT2D eigenvalue weighted by molar-refractivity contribution is 0.463. The third kappa shape index (κ3) is 5.62. The van der Waals surface area contributed by atoms with Crippen molar-refractivity contribution in [3.05, 3.63) is 194 Å². The van der Waals surface area contributed by atoms with Crippen LogP contribution < -0.4 is 4.74 Å². The molecule has 260 valence electrons. The predicted octanol–water partition coefficient (Wildman–Crippen LogP) is 14.2. The molecule has 0 saturated heterocycles. The Morgan fingerprint density at radius 3 is 0.764 bits per heavy atom. The molecule has 10 aromatic carbocycles. The molecule has 10 aromatic rings. The van der Waals surface area contributed by atoms with Crippen LogP contribution in [0.4, 0.5) is 0 Å². The molecule has 0 radical (unpaired) electrons. The number of hydrogen-bond acceptors (Lipinski definition) is 3. The molecule has 0 aliphatic rings. The van der Waals surface area contributed by atoms with E-state index in [-0.39, 0.29) is 11.5 Å². The molecule has 0 heterocycles. The highest BCUT2D eigenvalue weighted by Gasteiger charge is 2.21. The Labute approximate surface area is 318 Å². The number of aromatic hydroxyl groups is 2. The Hall–Kier alpha value is -7.36. The molecule has 0 amide bonds. The number of hydrogen-bond donors (Lipinski definition) is 2. The van der Waals surface area contributed by atoms with Crippen LogP contribution in [0.3, 0.4) is 0 Å². The van der Waals surface area contributed by atoms with Crippen molar-refractivity contribution in [2.75, 3.05) is 0 Å². The summed E-state index contributed by atoms with van der Waals surface area (Å²) < 4.78 is 6.96. The van der Waals surface area contributed by atoms with E-state index in [4.69, 9.17) is 4.74 Å². The molecule has 55 heavy (non-hydrogen) atoms. The Bertz CT molecular complexity index is 2670. The van der Waals surface area contributed by atoms with Crippen molar-refractivity contribution in [1.29, 1.82) is 0 Å². The molecule has 3 nitrogen and oxygen atoms in total. The molecule has 2 N–H and O–H groups in total. The lowest BCUT2D eigenvalue weighted by atomic mass is 9.91. The van der Waals surface area contributed by atoms with Crippen LogP contribution in [0.15, 0.2) is 194 Å². The van der Waals surface area contributed by atoms with Crippen molar-refractivity contribution < 1.29 is 14.9 Å². The number of phenols is 2. The molecule has 0 aliphatic carbocycles. The van der Waals surface area contributed by atoms with Gasteiger partial charge in [0.2, 0.25) is 0 Å². The van der Waals surface area contributed by atoms with Gasteiger partial charge in [0.15, 0.2) is 0 Å². The normalized spacial score (nSPS) is 11.4. The molecule has 0 aromatic heterocycles. The van der Waals surface area contributed by atoms with Crippen LogP contribution in [0, 0.1) is 0 Å². The molecule has 0 saturated carbocycles. The van der Waals surface area contributed by atoms with E-state index in [2.05, 4.69) is 72.8 Å². The van der Waals surface area contributed by atoms with Gasteiger partial charge < -0.3 is 14.9 Å². The van der Waals surface area contributed by atoms with Crippen LogP contribution in [0.1, 0.15) is 0 Å². The third-order valence-electron chi connectivity index (χ3n) is 10.7. The third-order valence-corrected chi connectivity index (χ3v) is 10.7. The van der Waals surface area contributed by atoms with E-state index in [0.717, 1.165) is 65.3 Å². The molecular weight excluding hydrogens is 673 g/mol. The second kappa shape index (κ2) is 13.2. The molecule has 0 aliphatic heterocycles. The van der Waals surface area contributed by atoms with Gasteiger partial charge in [0.25, 0.3) is 0 Å². The first-order chi connectivity index (χ1) is 27.1. The fraction of sp³-hybridized carbons (Fsp3) is 0. The van der Waals surface area contributed by atoms with E-state index in [1.165, 1.54) is 0 Å². The van der Waals surface area contributed by atoms with Crippen molar-refractivity contribution >= 4 is 43.1 Å². The van der Waals surface area contributed by atoms with Crippen LogP contribution in [-0.2, 0) is 0 Å². The van der Waals surface area contributed by atoms with Gasteiger partial charge in [-0.1, -0.05) is 170 Å². The maximum Gasteiger partial charge on any atom is 0.131 e. The lowest BCUT2D eigenvalue weighted by Gasteiger charge is -2.19. The number of fused-ring (bicyclic) bond motifs is 4. The molecule has 0 spiro atoms. The van der Waals surface area contributed by atoms with Gasteiger partial charge in [-0.25, -0.2) is 0 Å². The summed E-state index contributed by atoms with van der Waals surface area (Å²) in [6.45, 7) is 0. The van der Waals surface area contributed by atoms with Crippen molar-refractivity contribution in [2.45, 2.75) is 0 Å². The highest BCUT2D eigenvalue weighted by atomic mass is 16.5. The van der Waals surface area contributed by atoms with Gasteiger partial charge in [-0.15, -0.1) is 0 Å². The minimum atomic E-state index is 0.179. The first-order valence-corrected chi connectivity index (χ1v) is 18.5. The highest BCUT2D eigenvalue weighted by Crippen LogP contribution is 2.49. The second-order valence-electron chi connectivity index (χ2n) is 13.9. The largest absolute Gasteiger partial charge is 0.507 e. The summed E-state index contributed by atoms with van der Waals surface area (Å²) in [7, 11) is 0. The van der Waals surface area contributed by atoms with E-state index in [1.54, 1.807) is 0 Å². The molecule has 0 atom stereocenters. The monoisotopic (exact) mass is 706 g/mol. The standard InChI is InChI=1S/C52H34O3/c53-51-47(43-25-9-17-33-13-1-5-21-39(33)43)29-37(30-48(51)44-26-10-18-34-14-2-6-22-40(34)44)55-38-31-49(45-27-11-19-35-15-3-7-23-41(35)45)52(54)50(32-38)46-28-12-20-36-16-4-8-24-42(36)46/h1-32,53-54H. The fourth-order valence-corrected chi connectivity index (χ4v) is 8.13. The Morgan fingerprint density at radius 2 is 0.491 bits per heavy atom. The van der Waals surface area contributed by atoms with Crippen LogP contribution in [-0.4, -0.2) is 10.2 Å². The minimum Gasteiger partial charge on any atom is -0.507 e. The van der Waals surface area contributed by atoms with Gasteiger partial charge in [-0.2, -0.15) is 0 Å². The highest BCUT2D eigenvalue weighted by molar-refractivity contribution is 6.05. The van der Waals surface area contributed by atoms with E-state index >= 15 is 0 Å². The zero-order chi connectivity index (χ0) is 36.9. The van der Waals surface area contributed by atoms with Gasteiger partial charge >= 0.3 is 0 Å². The van der Waals surface area contributed by atoms with Gasteiger partial charge in [0, 0.05) is 22.3 Å². The smallest absolute Gasteiger partial charge is 0.131 e. The summed E-state index contributed by atoms with van der Waals surface area (Å²) in [5, 5.41) is 32.9. The van der Waals surface area contributed by atoms with Crippen LogP contribution in [0.5, 0.6) is 23.0 Å². The van der Waals surface area contributed by atoms with Crippen LogP contribution in [0.25, 0.3) is 87.6 Å². The van der Waals surface area contributed by atoms with Crippen molar-refractivity contribution in [3.63, 3.8) is 0 Å². The molecular formula is C52H34O3. The maximum atomic E-state index is 12.2. The average molecular weight is 707 g/mol. The van der Waals surface area contributed by atoms with Crippen LogP contribution >= 0.6 is 0 Å². The van der Waals surface area contributed by atoms with Gasteiger partial charge in [0.05, 0.1) is 0 Å². The summed E-state index contributed by atoms with van der Waals surface area (Å²) in [4.78, 5) is 0. The lowest BCUT2D eigenvalue weighted by Crippen LogP contribution is -1.93. The molecule has 10 rings (SSSR count). The van der Waals surface area contributed by atoms with E-state index in [9.17, 15) is 10.2 Å². The topological polar surface area (TPSA) is 49.7 Å². The van der Waals surface area contributed by atoms with E-state index < -0.39 is 0 Å². The first kappa shape index (κ1) is 32.3. The molecule has 0 fully saturated rings. The quantitative estimate of drug-likeness (QED) is 0.181. The summed E-state index contributed by atoms with van der Waals surface area (Å²) in [5.41, 5.74) is 6.28. The van der Waals surface area contributed by atoms with Gasteiger partial charge in [-0.05, 0) is 89.6 Å². The summed E-state index contributed by atoms with van der Waals surface area (Å²) in [5.74, 6) is 1.47. The van der Waals surface area contributed by atoms with Gasteiger partial charge in [-0.3, -0.25) is 0 Å². The summed E-state index contributed by atoms with van der Waals surface area (Å²) >= 11 is 0. The number of rotatable bonds is 6. The Balaban J connectivity index is 1.23. The fourth-order valence-electron chi connectivity index (χ4n) is 8.13. The Kier molecular flexibility index (Phi) is 7.78. The zero-order valence-corrected chi connectivity index (χ0v) is 29.8. The summed E-state index contributed by atoms with van der Waals surface area (Å²) in [6, 6.07) is 65.2. The SMILES string of the molecule is Oc1c(-c2cccc3ccccc23)cc(Oc2cc(-c3cccc4ccccc34)c(O)c(-c3cccc4ccccc34)c2)cc1-c1cccc2ccccc12. The van der Waals surface area contributed by atoms with Crippen molar-refractivity contribution in [2.24, 2.45) is 0 Å². The number of phenolic OH excluding ortho intramolecular Hbond substituents is 2. The minimum absolute atomic E-state index is 0.179. The average Bonchev–Trinajstić information content (AvgIpc) is 3.24. The van der Waals surface area contributed by atoms with Crippen molar-refractivity contribution in [3.8, 4) is 67.5 Å². The summed E-state index contributed by atoms with van der Waals surface area (Å²) in [6.07, 6.45) is 0. The van der Waals surface area contributed by atoms with E-state index in [1.807, 2.05) is 121 Å². The zero-order valence-electron chi connectivity index (χ0n) is 29.8. The maximum absolute atomic E-state index is 12.2. The second-order valence-corrected chi connectivity index (χ2v) is 13.9. The number of ether oxygens (including phenoxy) is 1. The molecule has 3 heteroatoms. The molecule has 0 unspecified atom stereocenters. The number of benzene rings is 10. The van der Waals surface area contributed by atoms with Gasteiger partial charge in [0.1, 0.15) is 23.0 Å². The van der Waals surface area contributed by atoms with Crippen molar-refractivity contribution in [1.82, 2.24) is 0 Å². The van der Waals surface area contributed by atoms with E-state index in [0.29, 0.717) is 33.8 Å².